The van der Waals surface area contributed by atoms with Crippen molar-refractivity contribution < 1.29 is 22.4 Å². The highest BCUT2D eigenvalue weighted by Crippen LogP contribution is 2.56. The molecule has 0 heterocycles. The van der Waals surface area contributed by atoms with Crippen molar-refractivity contribution >= 4 is 7.60 Å². The molecule has 0 amide bonds. The van der Waals surface area contributed by atoms with E-state index >= 15 is 0 Å². The molecule has 0 rings (SSSR count). The van der Waals surface area contributed by atoms with Gasteiger partial charge in [0.25, 0.3) is 0 Å². The first-order chi connectivity index (χ1) is 5.78. The van der Waals surface area contributed by atoms with E-state index in [2.05, 4.69) is 9.05 Å². The molecule has 0 saturated carbocycles. The predicted octanol–water partition coefficient (Wildman–Crippen LogP) is 3.25. The van der Waals surface area contributed by atoms with Gasteiger partial charge in [-0.3, -0.25) is 4.57 Å². The predicted molar refractivity (Wildman–Crippen MR) is 46.1 cm³/mol. The van der Waals surface area contributed by atoms with Gasteiger partial charge in [-0.1, -0.05) is 0 Å². The Balaban J connectivity index is 4.45. The van der Waals surface area contributed by atoms with Crippen LogP contribution in [0.15, 0.2) is 0 Å². The van der Waals surface area contributed by atoms with Crippen molar-refractivity contribution in [1.82, 2.24) is 0 Å². The van der Waals surface area contributed by atoms with E-state index in [4.69, 9.17) is 0 Å². The number of rotatable bonds is 5. The fraction of sp³-hybridized carbons (Fsp3) is 1.00. The lowest BCUT2D eigenvalue weighted by Crippen LogP contribution is -2.12. The molecule has 0 saturated heterocycles. The number of hydrogen-bond donors (Lipinski definition) is 0. The summed E-state index contributed by atoms with van der Waals surface area (Å²) in [6.07, 6.45) is -4.17. The number of alkyl halides is 2. The normalized spacial score (nSPS) is 13.3. The van der Waals surface area contributed by atoms with Gasteiger partial charge in [0.2, 0.25) is 0 Å². The average molecular weight is 216 g/mol. The van der Waals surface area contributed by atoms with Gasteiger partial charge in [-0.25, -0.2) is 0 Å². The van der Waals surface area contributed by atoms with Gasteiger partial charge in [0.1, 0.15) is 0 Å². The molecule has 0 unspecified atom stereocenters. The van der Waals surface area contributed by atoms with Crippen LogP contribution in [0.4, 0.5) is 8.78 Å². The third-order valence-corrected chi connectivity index (χ3v) is 2.86. The van der Waals surface area contributed by atoms with Gasteiger partial charge >= 0.3 is 13.8 Å². The summed E-state index contributed by atoms with van der Waals surface area (Å²) in [7, 11) is -4.24. The maximum atomic E-state index is 12.3. The van der Waals surface area contributed by atoms with Crippen molar-refractivity contribution in [2.24, 2.45) is 0 Å². The maximum Gasteiger partial charge on any atom is 0.397 e. The molecule has 13 heavy (non-hydrogen) atoms. The lowest BCUT2D eigenvalue weighted by atomic mass is 10.5. The van der Waals surface area contributed by atoms with E-state index in [0.717, 1.165) is 0 Å². The molecule has 0 N–H and O–H groups in total. The van der Waals surface area contributed by atoms with Crippen molar-refractivity contribution in [3.63, 3.8) is 0 Å². The van der Waals surface area contributed by atoms with E-state index in [0.29, 0.717) is 0 Å². The van der Waals surface area contributed by atoms with Crippen molar-refractivity contribution in [1.29, 1.82) is 0 Å². The first-order valence-corrected chi connectivity index (χ1v) is 5.64. The fourth-order valence-electron chi connectivity index (χ4n) is 0.705. The molecule has 0 aromatic rings. The molecule has 0 radical (unpaired) electrons. The Morgan fingerprint density at radius 3 is 1.46 bits per heavy atom. The Morgan fingerprint density at radius 2 is 1.31 bits per heavy atom. The highest BCUT2D eigenvalue weighted by Gasteiger charge is 2.38. The minimum atomic E-state index is -4.24. The SMILES string of the molecule is CC(C)OP(=O)(OC(C)C)C(F)F. The zero-order chi connectivity index (χ0) is 10.6. The molecule has 0 aliphatic carbocycles. The maximum absolute atomic E-state index is 12.3. The Morgan fingerprint density at radius 1 is 1.00 bits per heavy atom. The van der Waals surface area contributed by atoms with Gasteiger partial charge in [0.05, 0.1) is 12.2 Å². The minimum Gasteiger partial charge on any atom is -0.302 e. The third-order valence-electron chi connectivity index (χ3n) is 0.955. The summed E-state index contributed by atoms with van der Waals surface area (Å²) in [5, 5.41) is 0. The average Bonchev–Trinajstić information content (AvgIpc) is 1.82. The van der Waals surface area contributed by atoms with Crippen molar-refractivity contribution in [3.8, 4) is 0 Å². The third kappa shape index (κ3) is 4.69. The molecule has 0 aromatic carbocycles. The quantitative estimate of drug-likeness (QED) is 0.661. The molecule has 0 aromatic heterocycles. The largest absolute Gasteiger partial charge is 0.397 e. The zero-order valence-corrected chi connectivity index (χ0v) is 9.05. The smallest absolute Gasteiger partial charge is 0.302 e. The lowest BCUT2D eigenvalue weighted by Gasteiger charge is -2.21. The van der Waals surface area contributed by atoms with Gasteiger partial charge in [0.15, 0.2) is 0 Å². The summed E-state index contributed by atoms with van der Waals surface area (Å²) >= 11 is 0. The van der Waals surface area contributed by atoms with E-state index in [-0.39, 0.29) is 0 Å². The highest BCUT2D eigenvalue weighted by molar-refractivity contribution is 7.54. The van der Waals surface area contributed by atoms with Gasteiger partial charge < -0.3 is 9.05 Å². The minimum absolute atomic E-state index is 0.543. The van der Waals surface area contributed by atoms with E-state index in [1.165, 1.54) is 27.7 Å². The van der Waals surface area contributed by atoms with Crippen molar-refractivity contribution in [3.05, 3.63) is 0 Å². The van der Waals surface area contributed by atoms with Crippen LogP contribution in [0.1, 0.15) is 27.7 Å². The molecule has 0 atom stereocenters. The second-order valence-electron chi connectivity index (χ2n) is 3.13. The number of hydrogen-bond acceptors (Lipinski definition) is 3. The van der Waals surface area contributed by atoms with Gasteiger partial charge in [-0.05, 0) is 27.7 Å². The Bertz CT molecular complexity index is 180. The Labute approximate surface area is 77.0 Å². The van der Waals surface area contributed by atoms with Crippen LogP contribution in [0.25, 0.3) is 0 Å². The first kappa shape index (κ1) is 13.0. The van der Waals surface area contributed by atoms with Crippen LogP contribution in [-0.2, 0) is 13.6 Å². The summed E-state index contributed by atoms with van der Waals surface area (Å²) in [5.74, 6) is 0. The highest BCUT2D eigenvalue weighted by atomic mass is 31.2. The molecule has 6 heteroatoms. The number of halogens is 2. The second-order valence-corrected chi connectivity index (χ2v) is 5.02. The van der Waals surface area contributed by atoms with E-state index in [1.807, 2.05) is 0 Å². The van der Waals surface area contributed by atoms with E-state index < -0.39 is 26.0 Å². The fourth-order valence-corrected chi connectivity index (χ4v) is 2.11. The van der Waals surface area contributed by atoms with Crippen LogP contribution in [-0.4, -0.2) is 18.4 Å². The summed E-state index contributed by atoms with van der Waals surface area (Å²) in [6.45, 7) is 6.11. The van der Waals surface area contributed by atoms with Gasteiger partial charge in [0, 0.05) is 0 Å². The Kier molecular flexibility index (Phi) is 5.04. The molecule has 0 spiro atoms. The topological polar surface area (TPSA) is 35.5 Å². The van der Waals surface area contributed by atoms with Crippen LogP contribution < -0.4 is 0 Å². The lowest BCUT2D eigenvalue weighted by molar-refractivity contribution is 0.0911. The molecule has 3 nitrogen and oxygen atoms in total. The Hall–Kier alpha value is 0.01000. The molecule has 0 aliphatic heterocycles. The van der Waals surface area contributed by atoms with E-state index in [9.17, 15) is 13.3 Å². The van der Waals surface area contributed by atoms with Gasteiger partial charge in [-0.15, -0.1) is 0 Å². The van der Waals surface area contributed by atoms with Crippen LogP contribution in [0.3, 0.4) is 0 Å². The van der Waals surface area contributed by atoms with Crippen LogP contribution in [0.5, 0.6) is 0 Å². The molecule has 80 valence electrons. The molecular weight excluding hydrogens is 201 g/mol. The monoisotopic (exact) mass is 216 g/mol. The first-order valence-electron chi connectivity index (χ1n) is 4.02. The summed E-state index contributed by atoms with van der Waals surface area (Å²) in [4.78, 5) is 0. The second kappa shape index (κ2) is 5.03. The summed E-state index contributed by atoms with van der Waals surface area (Å²) in [5.41, 5.74) is 0. The van der Waals surface area contributed by atoms with Crippen molar-refractivity contribution in [2.75, 3.05) is 0 Å². The summed E-state index contributed by atoms with van der Waals surface area (Å²) < 4.78 is 45.1. The van der Waals surface area contributed by atoms with Gasteiger partial charge in [-0.2, -0.15) is 8.78 Å². The summed E-state index contributed by atoms with van der Waals surface area (Å²) in [6, 6.07) is 0. The zero-order valence-electron chi connectivity index (χ0n) is 8.16. The van der Waals surface area contributed by atoms with Crippen LogP contribution in [0, 0.1) is 0 Å². The van der Waals surface area contributed by atoms with E-state index in [1.54, 1.807) is 0 Å². The standard InChI is InChI=1S/C7H15F2O3P/c1-5(2)11-13(10,7(8)9)12-6(3)4/h5-7H,1-4H3. The molecule has 0 bridgehead atoms. The van der Waals surface area contributed by atoms with Crippen molar-refractivity contribution in [2.45, 2.75) is 46.1 Å². The van der Waals surface area contributed by atoms with Crippen LogP contribution >= 0.6 is 7.60 Å². The molecule has 0 fully saturated rings. The van der Waals surface area contributed by atoms with Crippen LogP contribution in [0.2, 0.25) is 0 Å². The molecule has 0 aliphatic rings. The molecular formula is C7H15F2O3P.